The van der Waals surface area contributed by atoms with Gasteiger partial charge in [-0.1, -0.05) is 67.2 Å². The van der Waals surface area contributed by atoms with Crippen LogP contribution in [0, 0.1) is 5.92 Å². The van der Waals surface area contributed by atoms with Gasteiger partial charge in [0.15, 0.2) is 0 Å². The summed E-state index contributed by atoms with van der Waals surface area (Å²) in [5, 5.41) is 28.1. The monoisotopic (exact) mass is 597 g/mol. The first kappa shape index (κ1) is 31.5. The molecule has 2 amide bonds. The van der Waals surface area contributed by atoms with Gasteiger partial charge in [0.05, 0.1) is 18.2 Å². The molecule has 5 atom stereocenters. The second-order valence-corrected chi connectivity index (χ2v) is 12.1. The van der Waals surface area contributed by atoms with E-state index < -0.39 is 30.2 Å². The number of pyridine rings is 1. The third-order valence-corrected chi connectivity index (χ3v) is 8.54. The highest BCUT2D eigenvalue weighted by Gasteiger charge is 2.36. The predicted molar refractivity (Wildman–Crippen MR) is 169 cm³/mol. The third kappa shape index (κ3) is 8.18. The molecule has 4 N–H and O–H groups in total. The van der Waals surface area contributed by atoms with Gasteiger partial charge in [-0.2, -0.15) is 0 Å². The van der Waals surface area contributed by atoms with Crippen LogP contribution in [0.25, 0.3) is 0 Å². The molecule has 0 saturated carbocycles. The largest absolute Gasteiger partial charge is 0.392 e. The number of carbonyl (C=O) groups is 2. The van der Waals surface area contributed by atoms with Gasteiger partial charge in [-0.15, -0.1) is 0 Å². The Bertz CT molecular complexity index is 1420. The second-order valence-electron chi connectivity index (χ2n) is 12.1. The van der Waals surface area contributed by atoms with Crippen molar-refractivity contribution in [3.8, 4) is 0 Å². The molecule has 232 valence electrons. The van der Waals surface area contributed by atoms with Gasteiger partial charge in [0, 0.05) is 63.2 Å². The normalized spacial score (nSPS) is 21.7. The fraction of sp³-hybridized carbons (Fsp3) is 0.400. The van der Waals surface area contributed by atoms with Gasteiger partial charge >= 0.3 is 0 Å². The molecule has 2 aliphatic rings. The molecule has 44 heavy (non-hydrogen) atoms. The number of carbonyl (C=O) groups excluding carboxylic acids is 2. The summed E-state index contributed by atoms with van der Waals surface area (Å²) in [7, 11) is 0. The highest BCUT2D eigenvalue weighted by atomic mass is 16.3. The van der Waals surface area contributed by atoms with Crippen molar-refractivity contribution >= 4 is 11.8 Å². The predicted octanol–water partition coefficient (Wildman–Crippen LogP) is 2.60. The topological polar surface area (TPSA) is 118 Å². The van der Waals surface area contributed by atoms with Crippen LogP contribution in [0.2, 0.25) is 0 Å². The van der Waals surface area contributed by atoms with E-state index in [1.54, 1.807) is 13.1 Å². The van der Waals surface area contributed by atoms with Crippen LogP contribution in [0.15, 0.2) is 91.4 Å². The molecule has 3 aromatic rings. The molecule has 1 fully saturated rings. The average molecular weight is 598 g/mol. The number of amides is 2. The van der Waals surface area contributed by atoms with Crippen molar-refractivity contribution < 1.29 is 19.8 Å². The summed E-state index contributed by atoms with van der Waals surface area (Å²) >= 11 is 0. The zero-order valence-electron chi connectivity index (χ0n) is 25.3. The average Bonchev–Trinajstić information content (AvgIpc) is 3.32. The molecule has 1 aliphatic carbocycles. The molecule has 1 saturated heterocycles. The van der Waals surface area contributed by atoms with Gasteiger partial charge in [0.25, 0.3) is 0 Å². The first-order valence-corrected chi connectivity index (χ1v) is 15.4. The fourth-order valence-electron chi connectivity index (χ4n) is 6.41. The van der Waals surface area contributed by atoms with Crippen LogP contribution < -0.4 is 10.6 Å². The summed E-state index contributed by atoms with van der Waals surface area (Å²) in [6.07, 6.45) is 3.19. The highest BCUT2D eigenvalue weighted by Crippen LogP contribution is 2.32. The summed E-state index contributed by atoms with van der Waals surface area (Å²) in [5.74, 6) is -0.887. The molecular formula is C35H43N5O4. The Balaban J connectivity index is 1.28. The first-order valence-electron chi connectivity index (χ1n) is 15.4. The van der Waals surface area contributed by atoms with Crippen LogP contribution >= 0.6 is 0 Å². The molecule has 9 nitrogen and oxygen atoms in total. The third-order valence-electron chi connectivity index (χ3n) is 8.54. The van der Waals surface area contributed by atoms with E-state index >= 15 is 0 Å². The smallest absolute Gasteiger partial charge is 0.242 e. The van der Waals surface area contributed by atoms with Crippen molar-refractivity contribution in [1.82, 2.24) is 25.4 Å². The number of allylic oxidation sites excluding steroid dienone is 1. The van der Waals surface area contributed by atoms with E-state index in [4.69, 9.17) is 0 Å². The maximum Gasteiger partial charge on any atom is 0.242 e. The van der Waals surface area contributed by atoms with E-state index in [0.29, 0.717) is 38.2 Å². The van der Waals surface area contributed by atoms with Crippen molar-refractivity contribution in [2.24, 2.45) is 5.92 Å². The zero-order valence-corrected chi connectivity index (χ0v) is 25.3. The Morgan fingerprint density at radius 2 is 1.80 bits per heavy atom. The van der Waals surface area contributed by atoms with Crippen molar-refractivity contribution in [2.75, 3.05) is 26.2 Å². The van der Waals surface area contributed by atoms with E-state index in [-0.39, 0.29) is 24.8 Å². The first-order chi connectivity index (χ1) is 21.3. The maximum atomic E-state index is 13.8. The quantitative estimate of drug-likeness (QED) is 0.254. The number of β-amino-alcohol motifs (C(OH)–C–C–N with tert-alkyl or cyclic N) is 1. The van der Waals surface area contributed by atoms with Gasteiger partial charge in [0.1, 0.15) is 6.04 Å². The number of fused-ring (bicyclic) bond motifs is 1. The molecule has 1 aromatic heterocycles. The molecule has 9 heteroatoms. The molecule has 5 rings (SSSR count). The Morgan fingerprint density at radius 1 is 1.05 bits per heavy atom. The molecule has 1 aliphatic heterocycles. The minimum absolute atomic E-state index is 0.159. The van der Waals surface area contributed by atoms with E-state index in [0.717, 1.165) is 28.8 Å². The van der Waals surface area contributed by atoms with Crippen LogP contribution in [-0.2, 0) is 29.0 Å². The number of hydrogen-bond acceptors (Lipinski definition) is 7. The number of piperazine rings is 1. The highest BCUT2D eigenvalue weighted by molar-refractivity contribution is 5.83. The van der Waals surface area contributed by atoms with E-state index in [1.807, 2.05) is 77.8 Å². The van der Waals surface area contributed by atoms with Gasteiger partial charge in [0.2, 0.25) is 11.8 Å². The summed E-state index contributed by atoms with van der Waals surface area (Å²) < 4.78 is 0. The lowest BCUT2D eigenvalue weighted by atomic mass is 9.91. The van der Waals surface area contributed by atoms with Crippen LogP contribution in [0.3, 0.4) is 0 Å². The lowest BCUT2D eigenvalue weighted by molar-refractivity contribution is -0.130. The Labute approximate surface area is 259 Å². The lowest BCUT2D eigenvalue weighted by Crippen LogP contribution is -2.60. The van der Waals surface area contributed by atoms with E-state index in [9.17, 15) is 19.8 Å². The fourth-order valence-corrected chi connectivity index (χ4v) is 6.41. The minimum Gasteiger partial charge on any atom is -0.392 e. The van der Waals surface area contributed by atoms with Crippen molar-refractivity contribution in [1.29, 1.82) is 0 Å². The van der Waals surface area contributed by atoms with Gasteiger partial charge < -0.3 is 20.8 Å². The van der Waals surface area contributed by atoms with E-state index in [2.05, 4.69) is 27.1 Å². The molecule has 2 aromatic carbocycles. The minimum atomic E-state index is -0.847. The molecule has 0 bridgehead atoms. The molecular weight excluding hydrogens is 554 g/mol. The van der Waals surface area contributed by atoms with Gasteiger partial charge in [-0.3, -0.25) is 24.4 Å². The van der Waals surface area contributed by atoms with Crippen molar-refractivity contribution in [3.63, 3.8) is 0 Å². The van der Waals surface area contributed by atoms with Crippen molar-refractivity contribution in [2.45, 2.75) is 57.0 Å². The van der Waals surface area contributed by atoms with Crippen molar-refractivity contribution in [3.05, 3.63) is 114 Å². The number of aliphatic hydroxyl groups is 2. The lowest BCUT2D eigenvalue weighted by Gasteiger charge is -2.41. The molecule has 0 radical (unpaired) electrons. The summed E-state index contributed by atoms with van der Waals surface area (Å²) in [5.41, 5.74) is 4.60. The Hall–Kier alpha value is -3.89. The second kappa shape index (κ2) is 14.7. The van der Waals surface area contributed by atoms with Gasteiger partial charge in [-0.05, 0) is 48.1 Å². The van der Waals surface area contributed by atoms with Gasteiger partial charge in [-0.25, -0.2) is 0 Å². The Kier molecular flexibility index (Phi) is 10.6. The number of rotatable bonds is 12. The summed E-state index contributed by atoms with van der Waals surface area (Å²) in [6.45, 7) is 8.33. The van der Waals surface area contributed by atoms with Crippen LogP contribution in [0.1, 0.15) is 41.6 Å². The summed E-state index contributed by atoms with van der Waals surface area (Å²) in [6, 6.07) is 20.5. The number of aromatic nitrogens is 1. The maximum absolute atomic E-state index is 13.8. The standard InChI is InChI=1S/C35H43N5O4/c1-24(2)37-35(44)31-23-39(21-26-11-8-14-36-20-26)15-16-40(31)22-29(41)18-28(17-25-9-4-3-5-10-25)34(43)38-33-30-13-7-6-12-27(30)19-32(33)42/h3-14,20,28-29,31-33,41-42H,1,15-19,21-23H2,2H3,(H,37,44)(H,38,43). The van der Waals surface area contributed by atoms with Crippen LogP contribution in [-0.4, -0.2) is 81.2 Å². The van der Waals surface area contributed by atoms with Crippen LogP contribution in [0.5, 0.6) is 0 Å². The number of hydrogen-bond donors (Lipinski definition) is 4. The number of aliphatic hydroxyl groups excluding tert-OH is 2. The molecule has 5 unspecified atom stereocenters. The van der Waals surface area contributed by atoms with Crippen LogP contribution in [0.4, 0.5) is 0 Å². The number of nitrogens with one attached hydrogen (secondary N) is 2. The number of nitrogens with zero attached hydrogens (tertiary/aromatic N) is 3. The SMILES string of the molecule is C=C(C)NC(=O)C1CN(Cc2cccnc2)CCN1CC(O)CC(Cc1ccccc1)C(=O)NC1c2ccccc2CC1O. The molecule has 2 heterocycles. The Morgan fingerprint density at radius 3 is 2.55 bits per heavy atom. The zero-order chi connectivity index (χ0) is 31.1. The van der Waals surface area contributed by atoms with E-state index in [1.165, 1.54) is 0 Å². The molecule has 0 spiro atoms. The number of benzene rings is 2. The summed E-state index contributed by atoms with van der Waals surface area (Å²) in [4.78, 5) is 35.5.